The molecule has 130 valence electrons. The average Bonchev–Trinajstić information content (AvgIpc) is 3.05. The van der Waals surface area contributed by atoms with E-state index in [1.807, 2.05) is 24.4 Å². The molecule has 0 atom stereocenters. The number of hydrogen-bond donors (Lipinski definition) is 2. The van der Waals surface area contributed by atoms with Gasteiger partial charge in [-0.25, -0.2) is 9.50 Å². The Bertz CT molecular complexity index is 1090. The smallest absolute Gasteiger partial charge is 0.156 e. The van der Waals surface area contributed by atoms with Gasteiger partial charge < -0.3 is 10.2 Å². The number of rotatable bonds is 4. The molecule has 0 spiro atoms. The Labute approximate surface area is 154 Å². The van der Waals surface area contributed by atoms with Crippen LogP contribution in [0.2, 0.25) is 5.02 Å². The Balaban J connectivity index is 1.68. The molecule has 0 aliphatic carbocycles. The molecular weight excluding hydrogens is 352 g/mol. The number of halogens is 1. The second-order valence-corrected chi connectivity index (χ2v) is 6.36. The van der Waals surface area contributed by atoms with Crippen LogP contribution in [0.15, 0.2) is 55.0 Å². The van der Waals surface area contributed by atoms with Gasteiger partial charge >= 0.3 is 0 Å². The van der Waals surface area contributed by atoms with Crippen molar-refractivity contribution >= 4 is 17.2 Å². The molecule has 4 aromatic rings. The van der Waals surface area contributed by atoms with E-state index in [1.54, 1.807) is 35.1 Å². The number of phenolic OH excluding ortho intramolecular Hbond substituents is 1. The van der Waals surface area contributed by atoms with Gasteiger partial charge in [0.25, 0.3) is 0 Å². The number of aliphatic hydroxyl groups excluding tert-OH is 1. The van der Waals surface area contributed by atoms with Gasteiger partial charge in [0.1, 0.15) is 5.75 Å². The highest BCUT2D eigenvalue weighted by atomic mass is 35.5. The van der Waals surface area contributed by atoms with E-state index >= 15 is 0 Å². The van der Waals surface area contributed by atoms with Crippen molar-refractivity contribution in [2.45, 2.75) is 13.0 Å². The highest BCUT2D eigenvalue weighted by Crippen LogP contribution is 2.31. The van der Waals surface area contributed by atoms with Crippen molar-refractivity contribution in [1.29, 1.82) is 0 Å². The molecule has 0 bridgehead atoms. The zero-order chi connectivity index (χ0) is 18.1. The molecule has 0 saturated carbocycles. The maximum atomic E-state index is 9.71. The number of benzene rings is 1. The van der Waals surface area contributed by atoms with Crippen LogP contribution < -0.4 is 0 Å². The molecule has 4 rings (SSSR count). The van der Waals surface area contributed by atoms with E-state index in [2.05, 4.69) is 15.1 Å². The van der Waals surface area contributed by atoms with Gasteiger partial charge in [-0.15, -0.1) is 0 Å². The van der Waals surface area contributed by atoms with Crippen molar-refractivity contribution in [2.24, 2.45) is 0 Å². The predicted molar refractivity (Wildman–Crippen MR) is 98.1 cm³/mol. The van der Waals surface area contributed by atoms with Crippen molar-refractivity contribution in [3.8, 4) is 16.9 Å². The summed E-state index contributed by atoms with van der Waals surface area (Å²) in [5.74, 6) is 0.807. The van der Waals surface area contributed by atoms with Crippen LogP contribution in [0.1, 0.15) is 17.0 Å². The molecule has 3 heterocycles. The fourth-order valence-electron chi connectivity index (χ4n) is 2.80. The van der Waals surface area contributed by atoms with Gasteiger partial charge in [-0.3, -0.25) is 4.98 Å². The third kappa shape index (κ3) is 3.24. The largest absolute Gasteiger partial charge is 0.508 e. The van der Waals surface area contributed by atoms with E-state index in [0.717, 1.165) is 22.3 Å². The standard InChI is InChI=1S/C19H15ClN4O2/c20-17-3-2-15(26)7-16(17)14-1-4-19-22-18(23-24(19)10-14)6-12-5-13(11-25)9-21-8-12/h1-5,7-10,25-26H,6,11H2. The minimum Gasteiger partial charge on any atom is -0.508 e. The molecule has 1 aromatic carbocycles. The van der Waals surface area contributed by atoms with Crippen LogP contribution in [0.25, 0.3) is 16.8 Å². The van der Waals surface area contributed by atoms with E-state index in [-0.39, 0.29) is 12.4 Å². The maximum Gasteiger partial charge on any atom is 0.156 e. The number of phenols is 1. The number of hydrogen-bond acceptors (Lipinski definition) is 5. The van der Waals surface area contributed by atoms with Gasteiger partial charge in [-0.05, 0) is 47.5 Å². The first kappa shape index (κ1) is 16.5. The van der Waals surface area contributed by atoms with Crippen LogP contribution in [0, 0.1) is 0 Å². The van der Waals surface area contributed by atoms with Crippen LogP contribution in [0.3, 0.4) is 0 Å². The summed E-state index contributed by atoms with van der Waals surface area (Å²) < 4.78 is 1.69. The number of aromatic nitrogens is 4. The lowest BCUT2D eigenvalue weighted by atomic mass is 10.1. The van der Waals surface area contributed by atoms with Crippen molar-refractivity contribution < 1.29 is 10.2 Å². The molecule has 0 aliphatic rings. The molecule has 6 nitrogen and oxygen atoms in total. The Kier molecular flexibility index (Phi) is 4.28. The van der Waals surface area contributed by atoms with Gasteiger partial charge in [-0.1, -0.05) is 11.6 Å². The summed E-state index contributed by atoms with van der Waals surface area (Å²) in [6.07, 6.45) is 5.72. The maximum absolute atomic E-state index is 9.71. The van der Waals surface area contributed by atoms with Crippen molar-refractivity contribution in [3.63, 3.8) is 0 Å². The van der Waals surface area contributed by atoms with Crippen LogP contribution in [0.5, 0.6) is 5.75 Å². The third-order valence-corrected chi connectivity index (χ3v) is 4.36. The van der Waals surface area contributed by atoms with Crippen LogP contribution in [0.4, 0.5) is 0 Å². The first-order chi connectivity index (χ1) is 12.6. The fourth-order valence-corrected chi connectivity index (χ4v) is 3.03. The monoisotopic (exact) mass is 366 g/mol. The minimum absolute atomic E-state index is 0.0481. The van der Waals surface area contributed by atoms with E-state index in [0.29, 0.717) is 22.9 Å². The van der Waals surface area contributed by atoms with Crippen LogP contribution in [-0.2, 0) is 13.0 Å². The SMILES string of the molecule is OCc1cncc(Cc2nc3ccc(-c4cc(O)ccc4Cl)cn3n2)c1. The van der Waals surface area contributed by atoms with Gasteiger partial charge in [0.05, 0.1) is 6.61 Å². The summed E-state index contributed by atoms with van der Waals surface area (Å²) in [6, 6.07) is 10.5. The minimum atomic E-state index is -0.0481. The number of fused-ring (bicyclic) bond motifs is 1. The Hall–Kier alpha value is -2.96. The van der Waals surface area contributed by atoms with Gasteiger partial charge in [-0.2, -0.15) is 5.10 Å². The van der Waals surface area contributed by atoms with Crippen LogP contribution >= 0.6 is 11.6 Å². The summed E-state index contributed by atoms with van der Waals surface area (Å²) in [4.78, 5) is 8.63. The lowest BCUT2D eigenvalue weighted by molar-refractivity contribution is 0.281. The molecular formula is C19H15ClN4O2. The summed E-state index contributed by atoms with van der Waals surface area (Å²) in [5.41, 5.74) is 3.96. The quantitative estimate of drug-likeness (QED) is 0.579. The van der Waals surface area contributed by atoms with Gasteiger partial charge in [0.15, 0.2) is 11.5 Å². The second-order valence-electron chi connectivity index (χ2n) is 5.95. The summed E-state index contributed by atoms with van der Waals surface area (Å²) in [5, 5.41) is 24.0. The predicted octanol–water partition coefficient (Wildman–Crippen LogP) is 3.23. The van der Waals surface area contributed by atoms with E-state index in [1.165, 1.54) is 0 Å². The lowest BCUT2D eigenvalue weighted by Gasteiger charge is -2.05. The number of aliphatic hydroxyl groups is 1. The zero-order valence-electron chi connectivity index (χ0n) is 13.7. The molecule has 7 heteroatoms. The molecule has 0 unspecified atom stereocenters. The normalized spacial score (nSPS) is 11.2. The van der Waals surface area contributed by atoms with Gasteiger partial charge in [0.2, 0.25) is 0 Å². The summed E-state index contributed by atoms with van der Waals surface area (Å²) in [7, 11) is 0. The molecule has 0 fully saturated rings. The number of aromatic hydroxyl groups is 1. The van der Waals surface area contributed by atoms with Crippen molar-refractivity contribution in [1.82, 2.24) is 19.6 Å². The van der Waals surface area contributed by atoms with E-state index in [9.17, 15) is 10.2 Å². The van der Waals surface area contributed by atoms with Crippen molar-refractivity contribution in [3.05, 3.63) is 77.0 Å². The first-order valence-electron chi connectivity index (χ1n) is 8.00. The van der Waals surface area contributed by atoms with E-state index < -0.39 is 0 Å². The molecule has 26 heavy (non-hydrogen) atoms. The Morgan fingerprint density at radius 3 is 2.73 bits per heavy atom. The Morgan fingerprint density at radius 2 is 1.88 bits per heavy atom. The summed E-state index contributed by atoms with van der Waals surface area (Å²) >= 11 is 6.24. The molecule has 0 amide bonds. The average molecular weight is 367 g/mol. The third-order valence-electron chi connectivity index (χ3n) is 4.03. The zero-order valence-corrected chi connectivity index (χ0v) is 14.4. The molecule has 0 saturated heterocycles. The summed E-state index contributed by atoms with van der Waals surface area (Å²) in [6.45, 7) is -0.0481. The topological polar surface area (TPSA) is 83.5 Å². The highest BCUT2D eigenvalue weighted by molar-refractivity contribution is 6.33. The molecule has 2 N–H and O–H groups in total. The molecule has 0 aliphatic heterocycles. The highest BCUT2D eigenvalue weighted by Gasteiger charge is 2.09. The first-order valence-corrected chi connectivity index (χ1v) is 8.38. The number of nitrogens with zero attached hydrogens (tertiary/aromatic N) is 4. The van der Waals surface area contributed by atoms with Crippen molar-refractivity contribution in [2.75, 3.05) is 0 Å². The number of pyridine rings is 2. The fraction of sp³-hybridized carbons (Fsp3) is 0.105. The molecule has 3 aromatic heterocycles. The lowest BCUT2D eigenvalue weighted by Crippen LogP contribution is -1.95. The van der Waals surface area contributed by atoms with Crippen LogP contribution in [-0.4, -0.2) is 29.8 Å². The molecule has 0 radical (unpaired) electrons. The van der Waals surface area contributed by atoms with E-state index in [4.69, 9.17) is 11.6 Å². The Morgan fingerprint density at radius 1 is 1.04 bits per heavy atom. The van der Waals surface area contributed by atoms with Gasteiger partial charge in [0, 0.05) is 41.2 Å². The second kappa shape index (κ2) is 6.74.